The van der Waals surface area contributed by atoms with Crippen LogP contribution >= 0.6 is 12.3 Å². The van der Waals surface area contributed by atoms with E-state index in [9.17, 15) is 18.6 Å². The summed E-state index contributed by atoms with van der Waals surface area (Å²) in [4.78, 5) is 22.8. The van der Waals surface area contributed by atoms with Crippen molar-refractivity contribution < 1.29 is 18.6 Å². The van der Waals surface area contributed by atoms with Gasteiger partial charge >= 0.3 is 5.97 Å². The van der Waals surface area contributed by atoms with Gasteiger partial charge in [-0.15, -0.1) is 3.89 Å². The summed E-state index contributed by atoms with van der Waals surface area (Å²) >= 11 is -0.165. The van der Waals surface area contributed by atoms with Crippen LogP contribution in [0.25, 0.3) is 22.0 Å². The van der Waals surface area contributed by atoms with E-state index < -0.39 is 5.97 Å². The molecule has 0 saturated heterocycles. The van der Waals surface area contributed by atoms with Gasteiger partial charge in [0.15, 0.2) is 18.0 Å². The van der Waals surface area contributed by atoms with Crippen LogP contribution in [-0.4, -0.2) is 26.2 Å². The van der Waals surface area contributed by atoms with E-state index in [1.165, 1.54) is 6.08 Å². The summed E-state index contributed by atoms with van der Waals surface area (Å²) in [5, 5.41) is 16.0. The molecule has 1 aromatic heterocycles. The maximum atomic E-state index is 12.9. The van der Waals surface area contributed by atoms with Gasteiger partial charge in [-0.2, -0.15) is 9.19 Å². The van der Waals surface area contributed by atoms with E-state index in [2.05, 4.69) is 17.0 Å². The van der Waals surface area contributed by atoms with Gasteiger partial charge in [0.05, 0.1) is 5.52 Å². The summed E-state index contributed by atoms with van der Waals surface area (Å²) in [6.07, 6.45) is 1.17. The molecule has 25 heavy (non-hydrogen) atoms. The number of carbonyl (C=O) groups is 2. The fourth-order valence-corrected chi connectivity index (χ4v) is 2.80. The monoisotopic (exact) mass is 357 g/mol. The lowest BCUT2D eigenvalue weighted by atomic mass is 10.0. The fraction of sp³-hybridized carbons (Fsp3) is 0. The number of amides is 1. The summed E-state index contributed by atoms with van der Waals surface area (Å²) in [6.45, 7) is 3.40. The number of fused-ring (bicyclic) bond motifs is 1. The minimum atomic E-state index is -1.23. The molecular weight excluding hydrogens is 345 g/mol. The average molecular weight is 357 g/mol. The first kappa shape index (κ1) is 16.7. The summed E-state index contributed by atoms with van der Waals surface area (Å²) in [7, 11) is 0. The van der Waals surface area contributed by atoms with Crippen LogP contribution < -0.4 is 5.32 Å². The van der Waals surface area contributed by atoms with Gasteiger partial charge in [0.1, 0.15) is 0 Å². The average Bonchev–Trinajstić information content (AvgIpc) is 3.00. The number of carbonyl (C=O) groups excluding carboxylic acids is 1. The number of halogens is 1. The normalized spacial score (nSPS) is 10.6. The standard InChI is InChI=1S/C17H12FN3O3S/c1-2-15(22)19-12-5-3-4-10(8-12)11-6-7-14-13(9-11)16(17(23)24)20-21(14)25-18/h2-9H,1H2,(H,19,22)(H,23,24). The number of nitrogens with one attached hydrogen (secondary N) is 1. The lowest BCUT2D eigenvalue weighted by molar-refractivity contribution is -0.111. The van der Waals surface area contributed by atoms with Gasteiger partial charge in [-0.05, 0) is 41.5 Å². The molecule has 0 aliphatic heterocycles. The molecule has 0 fully saturated rings. The second kappa shape index (κ2) is 6.78. The van der Waals surface area contributed by atoms with E-state index >= 15 is 0 Å². The van der Waals surface area contributed by atoms with Crippen LogP contribution in [0.5, 0.6) is 0 Å². The first-order valence-corrected chi connectivity index (χ1v) is 7.80. The Bertz CT molecular complexity index is 1000. The molecule has 0 bridgehead atoms. The van der Waals surface area contributed by atoms with Crippen molar-refractivity contribution in [3.8, 4) is 11.1 Å². The highest BCUT2D eigenvalue weighted by Crippen LogP contribution is 2.30. The molecule has 6 nitrogen and oxygen atoms in total. The highest BCUT2D eigenvalue weighted by Gasteiger charge is 2.17. The molecule has 1 amide bonds. The zero-order valence-corrected chi connectivity index (χ0v) is 13.6. The summed E-state index contributed by atoms with van der Waals surface area (Å²) in [6, 6.07) is 12.0. The fourth-order valence-electron chi connectivity index (χ4n) is 2.45. The first-order valence-electron chi connectivity index (χ1n) is 7.12. The molecular formula is C17H12FN3O3S. The van der Waals surface area contributed by atoms with Crippen LogP contribution in [0.3, 0.4) is 0 Å². The molecule has 0 aliphatic carbocycles. The molecule has 0 unspecified atom stereocenters. The van der Waals surface area contributed by atoms with Crippen molar-refractivity contribution in [3.05, 3.63) is 60.8 Å². The molecule has 0 aliphatic rings. The number of rotatable bonds is 5. The van der Waals surface area contributed by atoms with Crippen LogP contribution in [-0.2, 0) is 4.79 Å². The SMILES string of the molecule is C=CC(=O)Nc1cccc(-c2ccc3c(c2)c(C(=O)O)nn3SF)c1. The van der Waals surface area contributed by atoms with E-state index in [0.717, 1.165) is 9.65 Å². The van der Waals surface area contributed by atoms with E-state index in [0.29, 0.717) is 22.2 Å². The van der Waals surface area contributed by atoms with Gasteiger partial charge in [0, 0.05) is 11.1 Å². The number of aromatic carboxylic acids is 1. The van der Waals surface area contributed by atoms with Gasteiger partial charge in [0.2, 0.25) is 5.91 Å². The highest BCUT2D eigenvalue weighted by molar-refractivity contribution is 7.92. The third kappa shape index (κ3) is 3.24. The van der Waals surface area contributed by atoms with Crippen LogP contribution in [0.2, 0.25) is 0 Å². The second-order valence-corrected chi connectivity index (χ2v) is 5.59. The second-order valence-electron chi connectivity index (χ2n) is 5.10. The van der Waals surface area contributed by atoms with Gasteiger partial charge in [-0.1, -0.05) is 24.8 Å². The highest BCUT2D eigenvalue weighted by atomic mass is 32.2. The third-order valence-corrected chi connectivity index (χ3v) is 3.97. The number of aromatic nitrogens is 2. The van der Waals surface area contributed by atoms with Gasteiger partial charge in [0.25, 0.3) is 0 Å². The zero-order valence-electron chi connectivity index (χ0n) is 12.8. The lowest BCUT2D eigenvalue weighted by Crippen LogP contribution is -2.06. The Labute approximate surface area is 146 Å². The van der Waals surface area contributed by atoms with Gasteiger partial charge in [-0.25, -0.2) is 4.79 Å². The maximum absolute atomic E-state index is 12.9. The number of hydrogen-bond acceptors (Lipinski definition) is 4. The van der Waals surface area contributed by atoms with E-state index in [1.54, 1.807) is 36.4 Å². The molecule has 0 radical (unpaired) electrons. The first-order chi connectivity index (χ1) is 12.0. The molecule has 0 spiro atoms. The van der Waals surface area contributed by atoms with Crippen molar-refractivity contribution >= 4 is 40.8 Å². The Kier molecular flexibility index (Phi) is 4.53. The number of carboxylic acid groups (broad SMARTS) is 1. The number of anilines is 1. The van der Waals surface area contributed by atoms with Crippen LogP contribution in [0, 0.1) is 0 Å². The molecule has 8 heteroatoms. The molecule has 3 aromatic rings. The largest absolute Gasteiger partial charge is 0.476 e. The smallest absolute Gasteiger partial charge is 0.357 e. The number of hydrogen-bond donors (Lipinski definition) is 2. The Morgan fingerprint density at radius 2 is 2.00 bits per heavy atom. The van der Waals surface area contributed by atoms with Crippen LogP contribution in [0.4, 0.5) is 9.57 Å². The Balaban J connectivity index is 2.09. The van der Waals surface area contributed by atoms with Crippen molar-refractivity contribution in [1.29, 1.82) is 0 Å². The Hall–Kier alpha value is -3.13. The number of nitrogens with zero attached hydrogens (tertiary/aromatic N) is 2. The molecule has 126 valence electrons. The van der Waals surface area contributed by atoms with Crippen molar-refractivity contribution in [2.24, 2.45) is 0 Å². The summed E-state index contributed by atoms with van der Waals surface area (Å²) in [5.41, 5.74) is 2.20. The third-order valence-electron chi connectivity index (χ3n) is 3.57. The maximum Gasteiger partial charge on any atom is 0.357 e. The summed E-state index contributed by atoms with van der Waals surface area (Å²) in [5.74, 6) is -1.57. The Morgan fingerprint density at radius 1 is 1.24 bits per heavy atom. The topological polar surface area (TPSA) is 84.2 Å². The van der Waals surface area contributed by atoms with Crippen molar-refractivity contribution in [2.45, 2.75) is 0 Å². The van der Waals surface area contributed by atoms with E-state index in [4.69, 9.17) is 0 Å². The quantitative estimate of drug-likeness (QED) is 0.677. The number of benzene rings is 2. The predicted octanol–water partition coefficient (Wildman–Crippen LogP) is 3.91. The van der Waals surface area contributed by atoms with Crippen LogP contribution in [0.1, 0.15) is 10.5 Å². The molecule has 2 N–H and O–H groups in total. The predicted molar refractivity (Wildman–Crippen MR) is 95.1 cm³/mol. The Morgan fingerprint density at radius 3 is 2.68 bits per heavy atom. The molecule has 3 rings (SSSR count). The zero-order chi connectivity index (χ0) is 18.0. The van der Waals surface area contributed by atoms with Gasteiger partial charge < -0.3 is 10.4 Å². The van der Waals surface area contributed by atoms with E-state index in [-0.39, 0.29) is 23.9 Å². The molecule has 2 aromatic carbocycles. The van der Waals surface area contributed by atoms with Crippen molar-refractivity contribution in [3.63, 3.8) is 0 Å². The molecule has 0 saturated carbocycles. The lowest BCUT2D eigenvalue weighted by Gasteiger charge is -2.07. The van der Waals surface area contributed by atoms with Crippen molar-refractivity contribution in [2.75, 3.05) is 5.32 Å². The van der Waals surface area contributed by atoms with Crippen LogP contribution in [0.15, 0.2) is 55.1 Å². The van der Waals surface area contributed by atoms with Gasteiger partial charge in [-0.3, -0.25) is 4.79 Å². The van der Waals surface area contributed by atoms with Crippen molar-refractivity contribution in [1.82, 2.24) is 9.19 Å². The number of carboxylic acids is 1. The minimum absolute atomic E-state index is 0.165. The molecule has 1 heterocycles. The summed E-state index contributed by atoms with van der Waals surface area (Å²) < 4.78 is 13.9. The van der Waals surface area contributed by atoms with E-state index in [1.807, 2.05) is 6.07 Å². The molecule has 0 atom stereocenters. The minimum Gasteiger partial charge on any atom is -0.476 e.